The molecule has 2 N–H and O–H groups in total. The first-order valence-corrected chi connectivity index (χ1v) is 6.60. The largest absolute Gasteiger partial charge is 0.384 e. The van der Waals surface area contributed by atoms with Crippen LogP contribution in [0.15, 0.2) is 42.5 Å². The topological polar surface area (TPSA) is 41.1 Å². The molecule has 0 spiro atoms. The molecule has 0 unspecified atom stereocenters. The third-order valence-electron chi connectivity index (χ3n) is 2.94. The molecule has 0 fully saturated rings. The third kappa shape index (κ3) is 4.56. The third-order valence-corrected chi connectivity index (χ3v) is 2.94. The van der Waals surface area contributed by atoms with Crippen molar-refractivity contribution in [3.05, 3.63) is 59.7 Å². The van der Waals surface area contributed by atoms with Crippen molar-refractivity contribution >= 4 is 17.3 Å². The van der Waals surface area contributed by atoms with E-state index in [1.165, 1.54) is 6.07 Å². The number of aryl methyl sites for hydroxylation is 1. The van der Waals surface area contributed by atoms with Gasteiger partial charge in [-0.2, -0.15) is 0 Å². The maximum atomic E-state index is 13.0. The molecule has 3 nitrogen and oxygen atoms in total. The Morgan fingerprint density at radius 3 is 2.33 bits per heavy atom. The Labute approximate surface area is 122 Å². The molecule has 0 radical (unpaired) electrons. The zero-order valence-electron chi connectivity index (χ0n) is 11.6. The van der Waals surface area contributed by atoms with Crippen LogP contribution in [-0.4, -0.2) is 12.5 Å². The van der Waals surface area contributed by atoms with E-state index < -0.39 is 11.6 Å². The molecule has 0 heterocycles. The molecular formula is C16H16F2N2O. The van der Waals surface area contributed by atoms with Crippen LogP contribution in [0.2, 0.25) is 0 Å². The molecule has 0 aliphatic heterocycles. The number of amides is 1. The van der Waals surface area contributed by atoms with Gasteiger partial charge in [0.05, 0.1) is 0 Å². The number of rotatable bonds is 5. The first-order valence-electron chi connectivity index (χ1n) is 6.60. The highest BCUT2D eigenvalue weighted by Gasteiger charge is 2.04. The summed E-state index contributed by atoms with van der Waals surface area (Å²) in [6.45, 7) is 2.31. The van der Waals surface area contributed by atoms with E-state index in [1.54, 1.807) is 0 Å². The van der Waals surface area contributed by atoms with Crippen LogP contribution in [0.5, 0.6) is 0 Å². The van der Waals surface area contributed by atoms with E-state index >= 15 is 0 Å². The Kier molecular flexibility index (Phi) is 4.87. The summed E-state index contributed by atoms with van der Waals surface area (Å²) < 4.78 is 25.7. The van der Waals surface area contributed by atoms with E-state index in [2.05, 4.69) is 10.6 Å². The summed E-state index contributed by atoms with van der Waals surface area (Å²) in [5, 5.41) is 5.63. The molecule has 0 aliphatic rings. The van der Waals surface area contributed by atoms with Crippen molar-refractivity contribution in [1.29, 1.82) is 0 Å². The van der Waals surface area contributed by atoms with Crippen LogP contribution in [0.3, 0.4) is 0 Å². The number of benzene rings is 2. The molecule has 0 aliphatic carbocycles. The van der Waals surface area contributed by atoms with Crippen LogP contribution in [0.4, 0.5) is 20.2 Å². The SMILES string of the molecule is Cc1ccc(NC(=O)CCNc2ccc(F)c(F)c2)cc1. The van der Waals surface area contributed by atoms with Crippen LogP contribution < -0.4 is 10.6 Å². The molecule has 0 saturated carbocycles. The first kappa shape index (κ1) is 15.0. The molecule has 21 heavy (non-hydrogen) atoms. The summed E-state index contributed by atoms with van der Waals surface area (Å²) in [6.07, 6.45) is 0.229. The van der Waals surface area contributed by atoms with E-state index in [4.69, 9.17) is 0 Å². The number of nitrogens with one attached hydrogen (secondary N) is 2. The highest BCUT2D eigenvalue weighted by Crippen LogP contribution is 2.13. The summed E-state index contributed by atoms with van der Waals surface area (Å²) in [5.41, 5.74) is 2.29. The van der Waals surface area contributed by atoms with Gasteiger partial charge in [0.2, 0.25) is 5.91 Å². The van der Waals surface area contributed by atoms with E-state index in [0.717, 1.165) is 23.4 Å². The lowest BCUT2D eigenvalue weighted by Gasteiger charge is -2.08. The normalized spacial score (nSPS) is 10.2. The number of anilines is 2. The van der Waals surface area contributed by atoms with Gasteiger partial charge in [0.1, 0.15) is 0 Å². The average Bonchev–Trinajstić information content (AvgIpc) is 2.45. The van der Waals surface area contributed by atoms with Gasteiger partial charge in [-0.3, -0.25) is 4.79 Å². The minimum atomic E-state index is -0.913. The zero-order chi connectivity index (χ0) is 15.2. The molecule has 0 bridgehead atoms. The van der Waals surface area contributed by atoms with Crippen LogP contribution >= 0.6 is 0 Å². The fourth-order valence-electron chi connectivity index (χ4n) is 1.79. The molecule has 2 rings (SSSR count). The number of hydrogen-bond donors (Lipinski definition) is 2. The average molecular weight is 290 g/mol. The number of hydrogen-bond acceptors (Lipinski definition) is 2. The predicted molar refractivity (Wildman–Crippen MR) is 79.3 cm³/mol. The monoisotopic (exact) mass is 290 g/mol. The zero-order valence-corrected chi connectivity index (χ0v) is 11.6. The van der Waals surface area contributed by atoms with Crippen molar-refractivity contribution in [2.45, 2.75) is 13.3 Å². The standard InChI is InChI=1S/C16H16F2N2O/c1-11-2-4-12(5-3-11)20-16(21)8-9-19-13-6-7-14(17)15(18)10-13/h2-7,10,19H,8-9H2,1H3,(H,20,21). The van der Waals surface area contributed by atoms with Gasteiger partial charge in [-0.15, -0.1) is 0 Å². The number of carbonyl (C=O) groups is 1. The molecule has 2 aromatic carbocycles. The van der Waals surface area contributed by atoms with Crippen molar-refractivity contribution in [2.24, 2.45) is 0 Å². The van der Waals surface area contributed by atoms with E-state index in [-0.39, 0.29) is 12.3 Å². The van der Waals surface area contributed by atoms with E-state index in [1.807, 2.05) is 31.2 Å². The molecular weight excluding hydrogens is 274 g/mol. The molecule has 1 amide bonds. The summed E-state index contributed by atoms with van der Waals surface area (Å²) >= 11 is 0. The second kappa shape index (κ2) is 6.83. The van der Waals surface area contributed by atoms with Gasteiger partial charge in [-0.1, -0.05) is 17.7 Å². The van der Waals surface area contributed by atoms with Gasteiger partial charge in [0.25, 0.3) is 0 Å². The van der Waals surface area contributed by atoms with Gasteiger partial charge in [-0.25, -0.2) is 8.78 Å². The van der Waals surface area contributed by atoms with Crippen molar-refractivity contribution < 1.29 is 13.6 Å². The fraction of sp³-hybridized carbons (Fsp3) is 0.188. The maximum Gasteiger partial charge on any atom is 0.226 e. The van der Waals surface area contributed by atoms with Crippen LogP contribution in [-0.2, 0) is 4.79 Å². The van der Waals surface area contributed by atoms with Crippen LogP contribution in [0.25, 0.3) is 0 Å². The summed E-state index contributed by atoms with van der Waals surface area (Å²) in [6, 6.07) is 11.0. The van der Waals surface area contributed by atoms with Crippen molar-refractivity contribution in [2.75, 3.05) is 17.2 Å². The van der Waals surface area contributed by atoms with Crippen LogP contribution in [0, 0.1) is 18.6 Å². The molecule has 5 heteroatoms. The van der Waals surface area contributed by atoms with E-state index in [0.29, 0.717) is 12.2 Å². The quantitative estimate of drug-likeness (QED) is 0.881. The first-order chi connectivity index (χ1) is 10.0. The summed E-state index contributed by atoms with van der Waals surface area (Å²) in [7, 11) is 0. The fourth-order valence-corrected chi connectivity index (χ4v) is 1.79. The Bertz CT molecular complexity index is 627. The van der Waals surface area contributed by atoms with Gasteiger partial charge < -0.3 is 10.6 Å². The smallest absolute Gasteiger partial charge is 0.226 e. The maximum absolute atomic E-state index is 13.0. The Morgan fingerprint density at radius 2 is 1.67 bits per heavy atom. The highest BCUT2D eigenvalue weighted by molar-refractivity contribution is 5.90. The number of carbonyl (C=O) groups excluding carboxylic acids is 1. The van der Waals surface area contributed by atoms with Gasteiger partial charge >= 0.3 is 0 Å². The molecule has 2 aromatic rings. The lowest BCUT2D eigenvalue weighted by atomic mass is 10.2. The van der Waals surface area contributed by atoms with Gasteiger partial charge in [-0.05, 0) is 37.3 Å². The Hall–Kier alpha value is -2.43. The molecule has 0 atom stereocenters. The number of halogens is 2. The lowest BCUT2D eigenvalue weighted by molar-refractivity contribution is -0.115. The Morgan fingerprint density at radius 1 is 1.00 bits per heavy atom. The molecule has 110 valence electrons. The van der Waals surface area contributed by atoms with Crippen LogP contribution in [0.1, 0.15) is 12.0 Å². The summed E-state index contributed by atoms with van der Waals surface area (Å²) in [5.74, 6) is -1.95. The molecule has 0 saturated heterocycles. The van der Waals surface area contributed by atoms with Gasteiger partial charge in [0.15, 0.2) is 11.6 Å². The minimum Gasteiger partial charge on any atom is -0.384 e. The van der Waals surface area contributed by atoms with Gasteiger partial charge in [0, 0.05) is 24.3 Å². The lowest BCUT2D eigenvalue weighted by Crippen LogP contribution is -2.16. The van der Waals surface area contributed by atoms with Crippen molar-refractivity contribution in [3.63, 3.8) is 0 Å². The highest BCUT2D eigenvalue weighted by atomic mass is 19.2. The second-order valence-corrected chi connectivity index (χ2v) is 4.72. The summed E-state index contributed by atoms with van der Waals surface area (Å²) in [4.78, 5) is 11.7. The predicted octanol–water partition coefficient (Wildman–Crippen LogP) is 3.71. The van der Waals surface area contributed by atoms with Crippen molar-refractivity contribution in [1.82, 2.24) is 0 Å². The minimum absolute atomic E-state index is 0.145. The Balaban J connectivity index is 1.78. The van der Waals surface area contributed by atoms with Crippen molar-refractivity contribution in [3.8, 4) is 0 Å². The molecule has 0 aromatic heterocycles. The van der Waals surface area contributed by atoms with E-state index in [9.17, 15) is 13.6 Å². The second-order valence-electron chi connectivity index (χ2n) is 4.72.